The monoisotopic (exact) mass is 502 g/mol. The standard InChI is InChI=1S/C28H34N6OS/c1-20-14-21(16-29)4-6-23(20)19-36-27(30)8-11-31-24-9-12-34(13-10-24)17-28-32(2)25-7-5-22(18-35)15-26(25)33(28)3/h4-8,11,14-15,18,24,28H,9-10,12-13,17,19,30H2,1-3H3/b27-8+,31-11?. The molecular formula is C28H34N6OS. The maximum Gasteiger partial charge on any atom is 0.150 e. The second kappa shape index (κ2) is 11.6. The van der Waals surface area contributed by atoms with E-state index in [1.54, 1.807) is 11.8 Å². The summed E-state index contributed by atoms with van der Waals surface area (Å²) in [5.41, 5.74) is 12.2. The minimum absolute atomic E-state index is 0.251. The minimum Gasteiger partial charge on any atom is -0.393 e. The molecule has 2 heterocycles. The number of allylic oxidation sites excluding steroid dienone is 1. The number of likely N-dealkylation sites (N-methyl/N-ethyl adjacent to an activating group) is 2. The predicted molar refractivity (Wildman–Crippen MR) is 150 cm³/mol. The van der Waals surface area contributed by atoms with Gasteiger partial charge < -0.3 is 15.5 Å². The fraction of sp³-hybridized carbons (Fsp3) is 0.393. The Morgan fingerprint density at radius 2 is 1.92 bits per heavy atom. The highest BCUT2D eigenvalue weighted by atomic mass is 32.2. The maximum absolute atomic E-state index is 11.2. The van der Waals surface area contributed by atoms with Crippen LogP contribution in [0.15, 0.2) is 52.5 Å². The molecule has 2 aliphatic heterocycles. The van der Waals surface area contributed by atoms with E-state index in [1.165, 1.54) is 11.3 Å². The lowest BCUT2D eigenvalue weighted by Gasteiger charge is -2.36. The first kappa shape index (κ1) is 25.8. The van der Waals surface area contributed by atoms with Crippen LogP contribution in [-0.4, -0.2) is 63.3 Å². The number of nitriles is 1. The normalized spacial score (nSPS) is 19.1. The second-order valence-corrected chi connectivity index (χ2v) is 10.6. The average Bonchev–Trinajstić information content (AvgIpc) is 3.13. The molecule has 2 aliphatic rings. The number of aldehydes is 1. The molecular weight excluding hydrogens is 468 g/mol. The fourth-order valence-electron chi connectivity index (χ4n) is 4.88. The van der Waals surface area contributed by atoms with E-state index < -0.39 is 0 Å². The van der Waals surface area contributed by atoms with Crippen molar-refractivity contribution in [1.29, 1.82) is 5.26 Å². The molecule has 2 aromatic carbocycles. The van der Waals surface area contributed by atoms with Gasteiger partial charge in [-0.25, -0.2) is 0 Å². The van der Waals surface area contributed by atoms with Crippen LogP contribution < -0.4 is 15.5 Å². The predicted octanol–water partition coefficient (Wildman–Crippen LogP) is 4.16. The van der Waals surface area contributed by atoms with Gasteiger partial charge in [0.2, 0.25) is 0 Å². The van der Waals surface area contributed by atoms with E-state index in [0.717, 1.165) is 60.8 Å². The van der Waals surface area contributed by atoms with Gasteiger partial charge in [-0.1, -0.05) is 6.07 Å². The molecule has 0 saturated carbocycles. The van der Waals surface area contributed by atoms with Gasteiger partial charge in [0.15, 0.2) is 0 Å². The van der Waals surface area contributed by atoms with Crippen LogP contribution in [0.25, 0.3) is 0 Å². The summed E-state index contributed by atoms with van der Waals surface area (Å²) in [6.45, 7) is 5.01. The van der Waals surface area contributed by atoms with Crippen molar-refractivity contribution in [2.24, 2.45) is 10.7 Å². The molecule has 0 aromatic heterocycles. The third-order valence-electron chi connectivity index (χ3n) is 7.17. The van der Waals surface area contributed by atoms with Gasteiger partial charge in [-0.3, -0.25) is 14.7 Å². The highest BCUT2D eigenvalue weighted by Crippen LogP contribution is 2.38. The van der Waals surface area contributed by atoms with E-state index in [9.17, 15) is 4.79 Å². The molecule has 0 amide bonds. The molecule has 0 aliphatic carbocycles. The number of rotatable bonds is 8. The number of fused-ring (bicyclic) bond motifs is 1. The van der Waals surface area contributed by atoms with Crippen molar-refractivity contribution in [1.82, 2.24) is 4.90 Å². The van der Waals surface area contributed by atoms with Crippen molar-refractivity contribution in [2.45, 2.75) is 37.7 Å². The molecule has 1 unspecified atom stereocenters. The van der Waals surface area contributed by atoms with Crippen molar-refractivity contribution >= 4 is 35.6 Å². The number of thioether (sulfide) groups is 1. The zero-order chi connectivity index (χ0) is 25.7. The molecule has 1 atom stereocenters. The lowest BCUT2D eigenvalue weighted by atomic mass is 10.1. The van der Waals surface area contributed by atoms with E-state index in [1.807, 2.05) is 55.6 Å². The highest BCUT2D eigenvalue weighted by molar-refractivity contribution is 8.02. The molecule has 0 spiro atoms. The van der Waals surface area contributed by atoms with Crippen molar-refractivity contribution in [3.63, 3.8) is 0 Å². The number of carbonyl (C=O) groups excluding carboxylic acids is 1. The van der Waals surface area contributed by atoms with Crippen LogP contribution >= 0.6 is 11.8 Å². The summed E-state index contributed by atoms with van der Waals surface area (Å²) in [5, 5.41) is 9.75. The molecule has 36 heavy (non-hydrogen) atoms. The Kier molecular flexibility index (Phi) is 8.34. The van der Waals surface area contributed by atoms with Gasteiger partial charge in [-0.15, -0.1) is 11.8 Å². The second-order valence-electron chi connectivity index (χ2n) is 9.51. The number of anilines is 2. The molecule has 8 heteroatoms. The van der Waals surface area contributed by atoms with Crippen molar-refractivity contribution in [3.8, 4) is 6.07 Å². The van der Waals surface area contributed by atoms with Crippen molar-refractivity contribution < 1.29 is 4.79 Å². The molecule has 2 N–H and O–H groups in total. The minimum atomic E-state index is 0.251. The van der Waals surface area contributed by atoms with Gasteiger partial charge in [-0.2, -0.15) is 5.26 Å². The Morgan fingerprint density at radius 3 is 2.61 bits per heavy atom. The van der Waals surface area contributed by atoms with Crippen LogP contribution in [-0.2, 0) is 5.75 Å². The molecule has 1 fully saturated rings. The van der Waals surface area contributed by atoms with Crippen molar-refractivity contribution in [3.05, 3.63) is 69.8 Å². The van der Waals surface area contributed by atoms with E-state index in [0.29, 0.717) is 17.2 Å². The Labute approximate surface area is 218 Å². The summed E-state index contributed by atoms with van der Waals surface area (Å²) in [6, 6.07) is 14.2. The molecule has 2 aromatic rings. The third-order valence-corrected chi connectivity index (χ3v) is 8.09. The first-order valence-corrected chi connectivity index (χ1v) is 13.3. The fourth-order valence-corrected chi connectivity index (χ4v) is 5.68. The van der Waals surface area contributed by atoms with Crippen LogP contribution in [0.3, 0.4) is 0 Å². The average molecular weight is 503 g/mol. The van der Waals surface area contributed by atoms with Gasteiger partial charge in [0, 0.05) is 51.3 Å². The van der Waals surface area contributed by atoms with Gasteiger partial charge in [0.1, 0.15) is 12.5 Å². The van der Waals surface area contributed by atoms with E-state index in [-0.39, 0.29) is 6.17 Å². The summed E-state index contributed by atoms with van der Waals surface area (Å²) in [5.74, 6) is 0.774. The van der Waals surface area contributed by atoms with Crippen LogP contribution in [0.2, 0.25) is 0 Å². The Hall–Kier alpha value is -3.28. The molecule has 188 valence electrons. The maximum atomic E-state index is 11.2. The van der Waals surface area contributed by atoms with Gasteiger partial charge in [0.05, 0.1) is 34.1 Å². The first-order chi connectivity index (χ1) is 17.4. The summed E-state index contributed by atoms with van der Waals surface area (Å²) in [7, 11) is 4.23. The SMILES string of the molecule is Cc1cc(C#N)ccc1CS/C(N)=C/C=NC1CCN(CC2N(C)c3ccc(C=O)cc3N2C)CC1. The number of nitrogens with two attached hydrogens (primary N) is 1. The highest BCUT2D eigenvalue weighted by Gasteiger charge is 2.33. The number of aryl methyl sites for hydroxylation is 1. The topological polar surface area (TPSA) is 89.0 Å². The van der Waals surface area contributed by atoms with Gasteiger partial charge >= 0.3 is 0 Å². The number of hydrogen-bond donors (Lipinski definition) is 1. The lowest BCUT2D eigenvalue weighted by molar-refractivity contribution is 0.112. The number of hydrogen-bond acceptors (Lipinski definition) is 8. The van der Waals surface area contributed by atoms with Crippen LogP contribution in [0.5, 0.6) is 0 Å². The number of carbonyl (C=O) groups is 1. The number of aliphatic imine (C=N–C) groups is 1. The summed E-state index contributed by atoms with van der Waals surface area (Å²) < 4.78 is 0. The molecule has 0 bridgehead atoms. The zero-order valence-electron chi connectivity index (χ0n) is 21.2. The van der Waals surface area contributed by atoms with Crippen LogP contribution in [0.1, 0.15) is 39.9 Å². The molecule has 7 nitrogen and oxygen atoms in total. The van der Waals surface area contributed by atoms with Crippen LogP contribution in [0.4, 0.5) is 11.4 Å². The Bertz CT molecular complexity index is 1200. The first-order valence-electron chi connectivity index (χ1n) is 12.3. The van der Waals surface area contributed by atoms with E-state index >= 15 is 0 Å². The largest absolute Gasteiger partial charge is 0.393 e. The van der Waals surface area contributed by atoms with Gasteiger partial charge in [0.25, 0.3) is 0 Å². The number of benzene rings is 2. The molecule has 0 radical (unpaired) electrons. The van der Waals surface area contributed by atoms with Gasteiger partial charge in [-0.05, 0) is 67.3 Å². The molecule has 1 saturated heterocycles. The lowest BCUT2D eigenvalue weighted by Crippen LogP contribution is -2.50. The summed E-state index contributed by atoms with van der Waals surface area (Å²) in [4.78, 5) is 23.0. The number of nitrogens with zero attached hydrogens (tertiary/aromatic N) is 5. The van der Waals surface area contributed by atoms with E-state index in [4.69, 9.17) is 16.0 Å². The zero-order valence-corrected chi connectivity index (χ0v) is 22.0. The molecule has 4 rings (SSSR count). The number of piperidine rings is 1. The van der Waals surface area contributed by atoms with Crippen LogP contribution in [0, 0.1) is 18.3 Å². The Morgan fingerprint density at radius 1 is 1.17 bits per heavy atom. The quantitative estimate of drug-likeness (QED) is 0.428. The third kappa shape index (κ3) is 5.92. The van der Waals surface area contributed by atoms with Crippen molar-refractivity contribution in [2.75, 3.05) is 43.5 Å². The summed E-state index contributed by atoms with van der Waals surface area (Å²) in [6.07, 6.45) is 6.97. The van der Waals surface area contributed by atoms with E-state index in [2.05, 4.69) is 34.9 Å². The number of likely N-dealkylation sites (tertiary alicyclic amines) is 1. The smallest absolute Gasteiger partial charge is 0.150 e. The summed E-state index contributed by atoms with van der Waals surface area (Å²) >= 11 is 1.59. The Balaban J connectivity index is 1.23.